The van der Waals surface area contributed by atoms with E-state index in [-0.39, 0.29) is 16.9 Å². The Hall–Kier alpha value is -3.51. The number of phenolic OH excluding ortho intramolecular Hbond substituents is 1. The molecule has 0 saturated heterocycles. The van der Waals surface area contributed by atoms with Crippen LogP contribution in [0.25, 0.3) is 33.0 Å². The number of hydrogen-bond acceptors (Lipinski definition) is 4. The molecule has 2 amide bonds. The lowest BCUT2D eigenvalue weighted by Crippen LogP contribution is -2.22. The number of nitrogens with zero attached hydrogens (tertiary/aromatic N) is 1. The Bertz CT molecular complexity index is 1360. The predicted molar refractivity (Wildman–Crippen MR) is 106 cm³/mol. The molecule has 2 aromatic heterocycles. The number of fused-ring (bicyclic) bond motifs is 2. The molecule has 0 saturated carbocycles. The highest BCUT2D eigenvalue weighted by atomic mass is 35.5. The molecule has 3 heterocycles. The SMILES string of the molecule is Cn1c(Cl)c(C2=C(c3ccc(O)c4ccoc34)C(=O)NC2=O)c2ccccc21. The molecular formula is C21H13ClN2O4. The van der Waals surface area contributed by atoms with Crippen LogP contribution in [0.1, 0.15) is 11.1 Å². The molecule has 1 aliphatic rings. The van der Waals surface area contributed by atoms with E-state index in [9.17, 15) is 14.7 Å². The molecule has 6 nitrogen and oxygen atoms in total. The van der Waals surface area contributed by atoms with Crippen molar-refractivity contribution in [3.05, 3.63) is 65.0 Å². The van der Waals surface area contributed by atoms with Gasteiger partial charge in [0.05, 0.1) is 22.8 Å². The van der Waals surface area contributed by atoms with Crippen LogP contribution in [0.2, 0.25) is 5.15 Å². The van der Waals surface area contributed by atoms with Gasteiger partial charge in [-0.05, 0) is 24.3 Å². The van der Waals surface area contributed by atoms with E-state index in [0.29, 0.717) is 27.2 Å². The standard InChI is InChI=1S/C21H13ClN2O4/c1-24-13-5-3-2-4-10(13)15(19(24)22)17-16(20(26)23-21(17)27)12-6-7-14(25)11-8-9-28-18(11)12/h2-9,25H,1H3,(H,23,26,27). The van der Waals surface area contributed by atoms with Gasteiger partial charge in [-0.15, -0.1) is 0 Å². The van der Waals surface area contributed by atoms with Gasteiger partial charge in [0.1, 0.15) is 16.5 Å². The Morgan fingerprint density at radius 2 is 1.75 bits per heavy atom. The number of benzene rings is 2. The predicted octanol–water partition coefficient (Wildman–Crippen LogP) is 3.85. The second-order valence-electron chi connectivity index (χ2n) is 6.57. The van der Waals surface area contributed by atoms with Crippen LogP contribution in [0, 0.1) is 0 Å². The van der Waals surface area contributed by atoms with Crippen LogP contribution >= 0.6 is 11.6 Å². The molecule has 4 aromatic rings. The Kier molecular flexibility index (Phi) is 3.41. The normalized spacial score (nSPS) is 14.5. The van der Waals surface area contributed by atoms with Crippen molar-refractivity contribution >= 4 is 56.4 Å². The van der Waals surface area contributed by atoms with Crippen LogP contribution in [-0.4, -0.2) is 21.5 Å². The lowest BCUT2D eigenvalue weighted by Gasteiger charge is -2.06. The number of aromatic hydroxyl groups is 1. The summed E-state index contributed by atoms with van der Waals surface area (Å²) in [4.78, 5) is 25.5. The van der Waals surface area contributed by atoms with Crippen molar-refractivity contribution in [2.24, 2.45) is 7.05 Å². The highest BCUT2D eigenvalue weighted by Gasteiger charge is 2.36. The van der Waals surface area contributed by atoms with Crippen LogP contribution in [0.5, 0.6) is 5.75 Å². The van der Waals surface area contributed by atoms with E-state index in [1.165, 1.54) is 12.3 Å². The van der Waals surface area contributed by atoms with Crippen molar-refractivity contribution in [2.45, 2.75) is 0 Å². The van der Waals surface area contributed by atoms with Gasteiger partial charge in [-0.1, -0.05) is 29.8 Å². The van der Waals surface area contributed by atoms with Crippen molar-refractivity contribution in [2.75, 3.05) is 0 Å². The van der Waals surface area contributed by atoms with E-state index in [2.05, 4.69) is 5.32 Å². The molecular weight excluding hydrogens is 380 g/mol. The topological polar surface area (TPSA) is 84.5 Å². The number of imide groups is 1. The molecule has 2 N–H and O–H groups in total. The number of aryl methyl sites for hydroxylation is 1. The first-order valence-corrected chi connectivity index (χ1v) is 8.89. The fourth-order valence-corrected chi connectivity index (χ4v) is 4.08. The van der Waals surface area contributed by atoms with Gasteiger partial charge in [-0.25, -0.2) is 0 Å². The third-order valence-corrected chi connectivity index (χ3v) is 5.52. The highest BCUT2D eigenvalue weighted by molar-refractivity contribution is 6.52. The van der Waals surface area contributed by atoms with E-state index in [1.807, 2.05) is 24.3 Å². The number of phenols is 1. The summed E-state index contributed by atoms with van der Waals surface area (Å²) < 4.78 is 7.28. The fourth-order valence-electron chi connectivity index (χ4n) is 3.79. The van der Waals surface area contributed by atoms with Crippen LogP contribution in [-0.2, 0) is 16.6 Å². The van der Waals surface area contributed by atoms with Crippen molar-refractivity contribution in [1.29, 1.82) is 0 Å². The van der Waals surface area contributed by atoms with Gasteiger partial charge < -0.3 is 14.1 Å². The van der Waals surface area contributed by atoms with Crippen molar-refractivity contribution < 1.29 is 19.1 Å². The first-order chi connectivity index (χ1) is 13.5. The monoisotopic (exact) mass is 392 g/mol. The Balaban J connectivity index is 1.92. The van der Waals surface area contributed by atoms with E-state index in [1.54, 1.807) is 23.7 Å². The maximum Gasteiger partial charge on any atom is 0.259 e. The summed E-state index contributed by atoms with van der Waals surface area (Å²) >= 11 is 6.58. The minimum absolute atomic E-state index is 0.0302. The molecule has 0 atom stereocenters. The number of rotatable bonds is 2. The first kappa shape index (κ1) is 16.6. The molecule has 1 aliphatic heterocycles. The van der Waals surface area contributed by atoms with Crippen LogP contribution < -0.4 is 5.32 Å². The molecule has 138 valence electrons. The second kappa shape index (κ2) is 5.74. The average Bonchev–Trinajstić information content (AvgIpc) is 3.34. The number of carbonyl (C=O) groups excluding carboxylic acids is 2. The zero-order valence-electron chi connectivity index (χ0n) is 14.6. The van der Waals surface area contributed by atoms with Crippen LogP contribution in [0.15, 0.2) is 53.1 Å². The molecule has 2 aromatic carbocycles. The average molecular weight is 393 g/mol. The van der Waals surface area contributed by atoms with Gasteiger partial charge in [0.2, 0.25) is 0 Å². The summed E-state index contributed by atoms with van der Waals surface area (Å²) in [6, 6.07) is 12.1. The maximum absolute atomic E-state index is 12.8. The number of amides is 2. The minimum Gasteiger partial charge on any atom is -0.507 e. The molecule has 0 spiro atoms. The highest BCUT2D eigenvalue weighted by Crippen LogP contribution is 2.42. The Labute approximate surface area is 163 Å². The van der Waals surface area contributed by atoms with Gasteiger partial charge in [0.15, 0.2) is 0 Å². The van der Waals surface area contributed by atoms with Gasteiger partial charge in [0.25, 0.3) is 11.8 Å². The summed E-state index contributed by atoms with van der Waals surface area (Å²) in [6.07, 6.45) is 1.42. The van der Waals surface area contributed by atoms with Crippen molar-refractivity contribution in [3.8, 4) is 5.75 Å². The van der Waals surface area contributed by atoms with E-state index in [0.717, 1.165) is 10.9 Å². The Morgan fingerprint density at radius 1 is 1.00 bits per heavy atom. The molecule has 0 fully saturated rings. The van der Waals surface area contributed by atoms with Gasteiger partial charge >= 0.3 is 0 Å². The van der Waals surface area contributed by atoms with Crippen molar-refractivity contribution in [3.63, 3.8) is 0 Å². The summed E-state index contributed by atoms with van der Waals surface area (Å²) in [5.41, 5.74) is 2.44. The number of aromatic nitrogens is 1. The van der Waals surface area contributed by atoms with E-state index < -0.39 is 11.8 Å². The number of nitrogens with one attached hydrogen (secondary N) is 1. The van der Waals surface area contributed by atoms with E-state index in [4.69, 9.17) is 16.0 Å². The summed E-state index contributed by atoms with van der Waals surface area (Å²) in [5.74, 6) is -1.03. The van der Waals surface area contributed by atoms with E-state index >= 15 is 0 Å². The number of furan rings is 1. The smallest absolute Gasteiger partial charge is 0.259 e. The lowest BCUT2D eigenvalue weighted by molar-refractivity contribution is -0.122. The molecule has 0 unspecified atom stereocenters. The van der Waals surface area contributed by atoms with Crippen LogP contribution in [0.3, 0.4) is 0 Å². The first-order valence-electron chi connectivity index (χ1n) is 8.52. The summed E-state index contributed by atoms with van der Waals surface area (Å²) in [7, 11) is 1.80. The van der Waals surface area contributed by atoms with Crippen LogP contribution in [0.4, 0.5) is 0 Å². The molecule has 28 heavy (non-hydrogen) atoms. The molecule has 5 rings (SSSR count). The minimum atomic E-state index is -0.535. The molecule has 0 aliphatic carbocycles. The third-order valence-electron chi connectivity index (χ3n) is 5.08. The number of hydrogen-bond donors (Lipinski definition) is 2. The Morgan fingerprint density at radius 3 is 2.57 bits per heavy atom. The zero-order valence-corrected chi connectivity index (χ0v) is 15.4. The number of para-hydroxylation sites is 1. The number of carbonyl (C=O) groups is 2. The largest absolute Gasteiger partial charge is 0.507 e. The third kappa shape index (κ3) is 2.09. The quantitative estimate of drug-likeness (QED) is 0.507. The summed E-state index contributed by atoms with van der Waals surface area (Å²) in [5, 5.41) is 14.0. The van der Waals surface area contributed by atoms with Gasteiger partial charge in [-0.3, -0.25) is 14.9 Å². The van der Waals surface area contributed by atoms with Gasteiger partial charge in [-0.2, -0.15) is 0 Å². The van der Waals surface area contributed by atoms with Crippen molar-refractivity contribution in [1.82, 2.24) is 9.88 Å². The zero-order chi connectivity index (χ0) is 19.6. The lowest BCUT2D eigenvalue weighted by atomic mass is 9.95. The number of halogens is 1. The summed E-state index contributed by atoms with van der Waals surface area (Å²) in [6.45, 7) is 0. The second-order valence-corrected chi connectivity index (χ2v) is 6.93. The fraction of sp³-hybridized carbons (Fsp3) is 0.0476. The maximum atomic E-state index is 12.8. The van der Waals surface area contributed by atoms with Gasteiger partial charge in [0, 0.05) is 29.1 Å². The molecule has 7 heteroatoms. The molecule has 0 bridgehead atoms. The molecule has 0 radical (unpaired) electrons.